The van der Waals surface area contributed by atoms with E-state index in [1.165, 1.54) is 0 Å². The van der Waals surface area contributed by atoms with Crippen LogP contribution in [0.1, 0.15) is 5.56 Å². The van der Waals surface area contributed by atoms with Crippen molar-refractivity contribution in [3.8, 4) is 11.8 Å². The van der Waals surface area contributed by atoms with E-state index < -0.39 is 0 Å². The molecule has 104 valence electrons. The van der Waals surface area contributed by atoms with Crippen LogP contribution in [0.5, 0.6) is 5.75 Å². The van der Waals surface area contributed by atoms with E-state index in [0.29, 0.717) is 12.3 Å². The van der Waals surface area contributed by atoms with E-state index in [2.05, 4.69) is 15.5 Å². The Morgan fingerprint density at radius 3 is 3.05 bits per heavy atom. The third-order valence-electron chi connectivity index (χ3n) is 3.17. The molecular formula is C16H14N4O. The average molecular weight is 278 g/mol. The molecule has 1 aromatic heterocycles. The Balaban J connectivity index is 1.73. The lowest BCUT2D eigenvalue weighted by molar-refractivity contribution is 0.368. The van der Waals surface area contributed by atoms with Gasteiger partial charge >= 0.3 is 0 Å². The highest BCUT2D eigenvalue weighted by Crippen LogP contribution is 2.22. The highest BCUT2D eigenvalue weighted by atomic mass is 16.5. The first-order valence-electron chi connectivity index (χ1n) is 6.61. The summed E-state index contributed by atoms with van der Waals surface area (Å²) in [5, 5.41) is 20.0. The largest absolute Gasteiger partial charge is 0.479 e. The van der Waals surface area contributed by atoms with Crippen LogP contribution >= 0.6 is 0 Å². The molecule has 0 saturated carbocycles. The molecule has 0 aliphatic rings. The molecule has 0 aliphatic heterocycles. The second kappa shape index (κ2) is 5.97. The van der Waals surface area contributed by atoms with E-state index in [1.807, 2.05) is 54.7 Å². The van der Waals surface area contributed by atoms with Gasteiger partial charge in [0, 0.05) is 17.6 Å². The molecule has 0 amide bonds. The molecule has 3 rings (SSSR count). The quantitative estimate of drug-likeness (QED) is 0.752. The van der Waals surface area contributed by atoms with Crippen LogP contribution in [0.15, 0.2) is 48.7 Å². The Bertz CT molecular complexity index is 788. The minimum atomic E-state index is 0.0607. The van der Waals surface area contributed by atoms with Crippen molar-refractivity contribution in [2.45, 2.75) is 6.54 Å². The fourth-order valence-electron chi connectivity index (χ4n) is 2.18. The van der Waals surface area contributed by atoms with Gasteiger partial charge in [-0.3, -0.25) is 5.10 Å². The second-order valence-electron chi connectivity index (χ2n) is 4.58. The van der Waals surface area contributed by atoms with Crippen LogP contribution in [0.4, 0.5) is 5.69 Å². The number of nitriles is 1. The molecule has 3 aromatic rings. The van der Waals surface area contributed by atoms with Crippen molar-refractivity contribution in [1.29, 1.82) is 5.26 Å². The molecule has 0 bridgehead atoms. The van der Waals surface area contributed by atoms with Gasteiger partial charge in [0.1, 0.15) is 11.8 Å². The third kappa shape index (κ3) is 2.95. The maximum Gasteiger partial charge on any atom is 0.174 e. The van der Waals surface area contributed by atoms with Crippen LogP contribution in [0.2, 0.25) is 0 Å². The number of fused-ring (bicyclic) bond motifs is 1. The summed E-state index contributed by atoms with van der Waals surface area (Å²) < 4.78 is 5.30. The second-order valence-corrected chi connectivity index (χ2v) is 4.58. The number of rotatable bonds is 5. The van der Waals surface area contributed by atoms with Crippen LogP contribution < -0.4 is 10.1 Å². The number of anilines is 1. The molecule has 21 heavy (non-hydrogen) atoms. The first-order valence-corrected chi connectivity index (χ1v) is 6.61. The van der Waals surface area contributed by atoms with Crippen molar-refractivity contribution in [1.82, 2.24) is 10.2 Å². The van der Waals surface area contributed by atoms with E-state index in [-0.39, 0.29) is 6.61 Å². The van der Waals surface area contributed by atoms with Crippen molar-refractivity contribution in [2.24, 2.45) is 0 Å². The fraction of sp³-hybridized carbons (Fsp3) is 0.125. The van der Waals surface area contributed by atoms with E-state index in [9.17, 15) is 0 Å². The number of nitrogens with zero attached hydrogens (tertiary/aromatic N) is 2. The van der Waals surface area contributed by atoms with Crippen molar-refractivity contribution >= 4 is 16.6 Å². The number of ether oxygens (including phenoxy) is 1. The molecule has 0 saturated heterocycles. The first-order chi connectivity index (χ1) is 10.4. The summed E-state index contributed by atoms with van der Waals surface area (Å²) in [5.74, 6) is 0.706. The fourth-order valence-corrected chi connectivity index (χ4v) is 2.18. The van der Waals surface area contributed by atoms with Gasteiger partial charge in [0.2, 0.25) is 0 Å². The van der Waals surface area contributed by atoms with Gasteiger partial charge in [0.05, 0.1) is 11.7 Å². The number of hydrogen-bond acceptors (Lipinski definition) is 4. The summed E-state index contributed by atoms with van der Waals surface area (Å²) in [6.07, 6.45) is 1.81. The normalized spacial score (nSPS) is 10.2. The van der Waals surface area contributed by atoms with Crippen molar-refractivity contribution in [2.75, 3.05) is 11.9 Å². The van der Waals surface area contributed by atoms with Crippen LogP contribution in [-0.2, 0) is 6.54 Å². The zero-order valence-corrected chi connectivity index (χ0v) is 11.3. The maximum atomic E-state index is 8.53. The molecule has 0 atom stereocenters. The number of hydrogen-bond donors (Lipinski definition) is 2. The highest BCUT2D eigenvalue weighted by Gasteiger charge is 2.02. The van der Waals surface area contributed by atoms with Gasteiger partial charge in [0.25, 0.3) is 0 Å². The van der Waals surface area contributed by atoms with Crippen molar-refractivity contribution in [3.05, 3.63) is 54.2 Å². The molecule has 1 heterocycles. The Morgan fingerprint density at radius 2 is 2.14 bits per heavy atom. The number of aromatic nitrogens is 2. The van der Waals surface area contributed by atoms with Gasteiger partial charge < -0.3 is 10.1 Å². The Hall–Kier alpha value is -3.00. The number of H-pyrrole nitrogens is 1. The monoisotopic (exact) mass is 278 g/mol. The Labute approximate surface area is 122 Å². The maximum absolute atomic E-state index is 8.53. The minimum absolute atomic E-state index is 0.0607. The lowest BCUT2D eigenvalue weighted by Gasteiger charge is -2.09. The van der Waals surface area contributed by atoms with E-state index in [4.69, 9.17) is 10.00 Å². The van der Waals surface area contributed by atoms with Crippen LogP contribution in [0.25, 0.3) is 10.9 Å². The molecular weight excluding hydrogens is 264 g/mol. The highest BCUT2D eigenvalue weighted by molar-refractivity contribution is 5.90. The Morgan fingerprint density at radius 1 is 1.24 bits per heavy atom. The SMILES string of the molecule is N#CCOc1cccc(CNc2cccc3[nH]ncc23)c1. The van der Waals surface area contributed by atoms with Gasteiger partial charge in [-0.05, 0) is 29.8 Å². The zero-order chi connectivity index (χ0) is 14.5. The average Bonchev–Trinajstić information content (AvgIpc) is 3.00. The van der Waals surface area contributed by atoms with E-state index >= 15 is 0 Å². The van der Waals surface area contributed by atoms with E-state index in [1.54, 1.807) is 0 Å². The van der Waals surface area contributed by atoms with E-state index in [0.717, 1.165) is 22.2 Å². The van der Waals surface area contributed by atoms with Crippen LogP contribution in [-0.4, -0.2) is 16.8 Å². The predicted octanol–water partition coefficient (Wildman–Crippen LogP) is 3.08. The number of benzene rings is 2. The summed E-state index contributed by atoms with van der Waals surface area (Å²) >= 11 is 0. The van der Waals surface area contributed by atoms with Gasteiger partial charge in [-0.15, -0.1) is 0 Å². The van der Waals surface area contributed by atoms with Gasteiger partial charge in [-0.25, -0.2) is 0 Å². The molecule has 2 aromatic carbocycles. The predicted molar refractivity (Wildman–Crippen MR) is 81.0 cm³/mol. The summed E-state index contributed by atoms with van der Waals surface area (Å²) in [4.78, 5) is 0. The standard InChI is InChI=1S/C16H14N4O/c17-7-8-21-13-4-1-3-12(9-13)10-18-15-5-2-6-16-14(15)11-19-20-16/h1-6,9,11,18H,8,10H2,(H,19,20). The van der Waals surface area contributed by atoms with Gasteiger partial charge in [-0.2, -0.15) is 10.4 Å². The van der Waals surface area contributed by atoms with Crippen LogP contribution in [0, 0.1) is 11.3 Å². The summed E-state index contributed by atoms with van der Waals surface area (Å²) in [7, 11) is 0. The van der Waals surface area contributed by atoms with Crippen molar-refractivity contribution in [3.63, 3.8) is 0 Å². The molecule has 5 nitrogen and oxygen atoms in total. The summed E-state index contributed by atoms with van der Waals surface area (Å²) in [6.45, 7) is 0.735. The molecule has 0 aliphatic carbocycles. The Kier molecular flexibility index (Phi) is 3.70. The molecule has 0 fully saturated rings. The van der Waals surface area contributed by atoms with Gasteiger partial charge in [0.15, 0.2) is 6.61 Å². The van der Waals surface area contributed by atoms with Crippen molar-refractivity contribution < 1.29 is 4.74 Å². The first kappa shape index (κ1) is 13.0. The number of aromatic amines is 1. The molecule has 0 spiro atoms. The number of nitrogens with one attached hydrogen (secondary N) is 2. The molecule has 2 N–H and O–H groups in total. The molecule has 0 radical (unpaired) electrons. The third-order valence-corrected chi connectivity index (χ3v) is 3.17. The lowest BCUT2D eigenvalue weighted by atomic mass is 10.2. The lowest BCUT2D eigenvalue weighted by Crippen LogP contribution is -2.00. The summed E-state index contributed by atoms with van der Waals surface area (Å²) in [6, 6.07) is 15.7. The zero-order valence-electron chi connectivity index (χ0n) is 11.3. The summed E-state index contributed by atoms with van der Waals surface area (Å²) in [5.41, 5.74) is 3.13. The minimum Gasteiger partial charge on any atom is -0.479 e. The molecule has 5 heteroatoms. The molecule has 0 unspecified atom stereocenters. The topological polar surface area (TPSA) is 73.7 Å². The van der Waals surface area contributed by atoms with Gasteiger partial charge in [-0.1, -0.05) is 18.2 Å². The van der Waals surface area contributed by atoms with Crippen LogP contribution in [0.3, 0.4) is 0 Å². The smallest absolute Gasteiger partial charge is 0.174 e.